The molecule has 0 spiro atoms. The molecule has 21 heavy (non-hydrogen) atoms. The number of aromatic nitrogens is 1. The molecule has 0 amide bonds. The molecule has 0 aliphatic carbocycles. The predicted molar refractivity (Wildman–Crippen MR) is 76.6 cm³/mol. The quantitative estimate of drug-likeness (QED) is 0.640. The van der Waals surface area contributed by atoms with Gasteiger partial charge < -0.3 is 9.26 Å². The summed E-state index contributed by atoms with van der Waals surface area (Å²) >= 11 is 5.84. The SMILES string of the molecule is Cc1noc(C)c1C(=O)OC(C)C(=O)c1cccc(Cl)c1. The normalized spacial score (nSPS) is 12.0. The third kappa shape index (κ3) is 3.31. The Hall–Kier alpha value is -2.14. The first kappa shape index (κ1) is 15.3. The summed E-state index contributed by atoms with van der Waals surface area (Å²) in [4.78, 5) is 24.3. The van der Waals surface area contributed by atoms with Gasteiger partial charge in [0.05, 0.1) is 5.69 Å². The third-order valence-electron chi connectivity index (χ3n) is 3.00. The van der Waals surface area contributed by atoms with Gasteiger partial charge in [0.15, 0.2) is 6.10 Å². The van der Waals surface area contributed by atoms with Gasteiger partial charge in [0.1, 0.15) is 11.3 Å². The van der Waals surface area contributed by atoms with Crippen LogP contribution < -0.4 is 0 Å². The van der Waals surface area contributed by atoms with Gasteiger partial charge in [0.2, 0.25) is 5.78 Å². The second kappa shape index (κ2) is 6.10. The number of hydrogen-bond acceptors (Lipinski definition) is 5. The summed E-state index contributed by atoms with van der Waals surface area (Å²) in [5.41, 5.74) is 1.07. The number of nitrogens with zero attached hydrogens (tertiary/aromatic N) is 1. The first-order valence-corrected chi connectivity index (χ1v) is 6.71. The van der Waals surface area contributed by atoms with E-state index in [9.17, 15) is 9.59 Å². The molecular formula is C15H14ClNO4. The minimum atomic E-state index is -0.926. The summed E-state index contributed by atoms with van der Waals surface area (Å²) in [7, 11) is 0. The molecule has 6 heteroatoms. The molecule has 0 saturated carbocycles. The summed E-state index contributed by atoms with van der Waals surface area (Å²) in [6, 6.07) is 6.48. The van der Waals surface area contributed by atoms with Crippen LogP contribution >= 0.6 is 11.6 Å². The lowest BCUT2D eigenvalue weighted by molar-refractivity contribution is 0.0316. The van der Waals surface area contributed by atoms with Gasteiger partial charge >= 0.3 is 5.97 Å². The lowest BCUT2D eigenvalue weighted by atomic mass is 10.1. The molecule has 110 valence electrons. The van der Waals surface area contributed by atoms with Gasteiger partial charge in [-0.15, -0.1) is 0 Å². The number of halogens is 1. The maximum Gasteiger partial charge on any atom is 0.344 e. The van der Waals surface area contributed by atoms with Gasteiger partial charge in [-0.3, -0.25) is 4.79 Å². The number of rotatable bonds is 4. The number of hydrogen-bond donors (Lipinski definition) is 0. The number of Topliss-reactive ketones (excluding diaryl/α,β-unsaturated/α-hetero) is 1. The molecule has 2 aromatic rings. The fraction of sp³-hybridized carbons (Fsp3) is 0.267. The number of ether oxygens (including phenoxy) is 1. The molecule has 5 nitrogen and oxygen atoms in total. The van der Waals surface area contributed by atoms with Crippen molar-refractivity contribution in [1.29, 1.82) is 0 Å². The van der Waals surface area contributed by atoms with Crippen LogP contribution in [0.4, 0.5) is 0 Å². The van der Waals surface area contributed by atoms with Crippen molar-refractivity contribution in [3.8, 4) is 0 Å². The smallest absolute Gasteiger partial charge is 0.344 e. The Morgan fingerprint density at radius 2 is 2.05 bits per heavy atom. The number of ketones is 1. The van der Waals surface area contributed by atoms with Crippen molar-refractivity contribution in [1.82, 2.24) is 5.16 Å². The molecule has 0 saturated heterocycles. The summed E-state index contributed by atoms with van der Waals surface area (Å²) < 4.78 is 10.1. The van der Waals surface area contributed by atoms with Crippen LogP contribution in [0.3, 0.4) is 0 Å². The van der Waals surface area contributed by atoms with Gasteiger partial charge in [-0.2, -0.15) is 0 Å². The van der Waals surface area contributed by atoms with Crippen LogP contribution in [0, 0.1) is 13.8 Å². The van der Waals surface area contributed by atoms with E-state index in [4.69, 9.17) is 20.9 Å². The standard InChI is InChI=1S/C15H14ClNO4/c1-8-13(9(2)21-17-8)15(19)20-10(3)14(18)11-5-4-6-12(16)7-11/h4-7,10H,1-3H3. The van der Waals surface area contributed by atoms with Gasteiger partial charge in [-0.05, 0) is 32.9 Å². The summed E-state index contributed by atoms with van der Waals surface area (Å²) in [5, 5.41) is 4.13. The topological polar surface area (TPSA) is 69.4 Å². The van der Waals surface area contributed by atoms with Crippen LogP contribution in [0.15, 0.2) is 28.8 Å². The Labute approximate surface area is 126 Å². The molecule has 1 heterocycles. The summed E-state index contributed by atoms with van der Waals surface area (Å²) in [6.07, 6.45) is -0.926. The van der Waals surface area contributed by atoms with Crippen molar-refractivity contribution in [3.63, 3.8) is 0 Å². The first-order valence-electron chi connectivity index (χ1n) is 6.33. The first-order chi connectivity index (χ1) is 9.90. The number of aryl methyl sites for hydroxylation is 2. The van der Waals surface area contributed by atoms with Crippen molar-refractivity contribution < 1.29 is 18.8 Å². The van der Waals surface area contributed by atoms with E-state index in [1.54, 1.807) is 32.0 Å². The minimum Gasteiger partial charge on any atom is -0.451 e. The van der Waals surface area contributed by atoms with Crippen LogP contribution in [0.5, 0.6) is 0 Å². The molecule has 2 rings (SSSR count). The Morgan fingerprint density at radius 3 is 2.62 bits per heavy atom. The number of carbonyl (C=O) groups excluding carboxylic acids is 2. The lowest BCUT2D eigenvalue weighted by Gasteiger charge is -2.12. The van der Waals surface area contributed by atoms with Crippen LogP contribution in [0.2, 0.25) is 5.02 Å². The Kier molecular flexibility index (Phi) is 4.43. The van der Waals surface area contributed by atoms with Gasteiger partial charge in [-0.1, -0.05) is 28.9 Å². The van der Waals surface area contributed by atoms with E-state index in [1.165, 1.54) is 13.0 Å². The molecule has 0 aliphatic rings. The number of esters is 1. The van der Waals surface area contributed by atoms with Crippen molar-refractivity contribution in [2.24, 2.45) is 0 Å². The van der Waals surface area contributed by atoms with E-state index in [1.807, 2.05) is 0 Å². The molecule has 0 radical (unpaired) electrons. The average Bonchev–Trinajstić information content (AvgIpc) is 2.77. The van der Waals surface area contributed by atoms with E-state index in [-0.39, 0.29) is 11.3 Å². The molecule has 0 bridgehead atoms. The zero-order valence-electron chi connectivity index (χ0n) is 11.8. The van der Waals surface area contributed by atoms with Crippen molar-refractivity contribution >= 4 is 23.4 Å². The molecule has 0 N–H and O–H groups in total. The van der Waals surface area contributed by atoms with Crippen molar-refractivity contribution in [2.45, 2.75) is 26.9 Å². The third-order valence-corrected chi connectivity index (χ3v) is 3.23. The van der Waals surface area contributed by atoms with Crippen LogP contribution in [0.25, 0.3) is 0 Å². The van der Waals surface area contributed by atoms with Crippen LogP contribution in [-0.4, -0.2) is 23.0 Å². The molecule has 1 aromatic carbocycles. The molecule has 0 fully saturated rings. The fourth-order valence-electron chi connectivity index (χ4n) is 1.92. The maximum absolute atomic E-state index is 12.2. The predicted octanol–water partition coefficient (Wildman–Crippen LogP) is 3.37. The van der Waals surface area contributed by atoms with Crippen molar-refractivity contribution in [3.05, 3.63) is 51.9 Å². The summed E-state index contributed by atoms with van der Waals surface area (Å²) in [6.45, 7) is 4.76. The van der Waals surface area contributed by atoms with E-state index in [0.29, 0.717) is 22.0 Å². The second-order valence-electron chi connectivity index (χ2n) is 4.62. The van der Waals surface area contributed by atoms with E-state index in [2.05, 4.69) is 5.16 Å². The molecule has 0 aliphatic heterocycles. The Balaban J connectivity index is 2.13. The highest BCUT2D eigenvalue weighted by Crippen LogP contribution is 2.17. The van der Waals surface area contributed by atoms with Crippen LogP contribution in [0.1, 0.15) is 39.1 Å². The Morgan fingerprint density at radius 1 is 1.33 bits per heavy atom. The number of benzene rings is 1. The molecule has 1 aromatic heterocycles. The van der Waals surface area contributed by atoms with Crippen molar-refractivity contribution in [2.75, 3.05) is 0 Å². The zero-order valence-corrected chi connectivity index (χ0v) is 12.6. The van der Waals surface area contributed by atoms with Gasteiger partial charge in [-0.25, -0.2) is 4.79 Å². The largest absolute Gasteiger partial charge is 0.451 e. The monoisotopic (exact) mass is 307 g/mol. The molecule has 1 unspecified atom stereocenters. The Bertz CT molecular complexity index is 673. The zero-order chi connectivity index (χ0) is 15.6. The second-order valence-corrected chi connectivity index (χ2v) is 5.06. The maximum atomic E-state index is 12.2. The number of carbonyl (C=O) groups is 2. The lowest BCUT2D eigenvalue weighted by Crippen LogP contribution is -2.24. The molecule has 1 atom stereocenters. The highest BCUT2D eigenvalue weighted by Gasteiger charge is 2.24. The van der Waals surface area contributed by atoms with Crippen LogP contribution in [-0.2, 0) is 4.74 Å². The van der Waals surface area contributed by atoms with E-state index in [0.717, 1.165) is 0 Å². The van der Waals surface area contributed by atoms with Gasteiger partial charge in [0, 0.05) is 10.6 Å². The minimum absolute atomic E-state index is 0.251. The van der Waals surface area contributed by atoms with E-state index >= 15 is 0 Å². The molecular weight excluding hydrogens is 294 g/mol. The average molecular weight is 308 g/mol. The van der Waals surface area contributed by atoms with E-state index < -0.39 is 12.1 Å². The summed E-state index contributed by atoms with van der Waals surface area (Å²) in [5.74, 6) is -0.591. The highest BCUT2D eigenvalue weighted by molar-refractivity contribution is 6.31. The van der Waals surface area contributed by atoms with Gasteiger partial charge in [0.25, 0.3) is 0 Å². The highest BCUT2D eigenvalue weighted by atomic mass is 35.5. The fourth-order valence-corrected chi connectivity index (χ4v) is 2.11.